The third-order valence-corrected chi connectivity index (χ3v) is 6.22. The fourth-order valence-corrected chi connectivity index (χ4v) is 4.69. The van der Waals surface area contributed by atoms with E-state index in [1.54, 1.807) is 28.9 Å². The Bertz CT molecular complexity index is 981. The Balaban J connectivity index is 1.39. The first-order valence-electron chi connectivity index (χ1n) is 7.94. The molecule has 0 atom stereocenters. The third-order valence-electron chi connectivity index (χ3n) is 3.79. The van der Waals surface area contributed by atoms with Gasteiger partial charge in [-0.15, -0.1) is 21.5 Å². The minimum absolute atomic E-state index is 0.670. The van der Waals surface area contributed by atoms with Crippen LogP contribution in [0.4, 0.5) is 5.13 Å². The number of nitrogens with one attached hydrogen (secondary N) is 1. The summed E-state index contributed by atoms with van der Waals surface area (Å²) in [5, 5.41) is 15.4. The Labute approximate surface area is 158 Å². The first-order chi connectivity index (χ1) is 12.3. The van der Waals surface area contributed by atoms with Gasteiger partial charge in [0, 0.05) is 24.3 Å². The van der Waals surface area contributed by atoms with Crippen LogP contribution < -0.4 is 5.32 Å². The van der Waals surface area contributed by atoms with E-state index in [1.165, 1.54) is 5.56 Å². The van der Waals surface area contributed by atoms with E-state index in [0.717, 1.165) is 44.5 Å². The standard InChI is InChI=1S/C18H15ClN4S2/c19-14-10-20-11-16-13(14)9-15(24-16)17-22-23-18(25-17)21-8-4-7-12-5-2-1-3-6-12/h1-3,5-6,9-11H,4,7-8H2,(H,21,23). The molecule has 126 valence electrons. The lowest BCUT2D eigenvalue weighted by molar-refractivity contribution is 0.859. The summed E-state index contributed by atoms with van der Waals surface area (Å²) in [5.41, 5.74) is 1.36. The molecule has 0 radical (unpaired) electrons. The second-order valence-corrected chi connectivity index (χ2v) is 8.04. The summed E-state index contributed by atoms with van der Waals surface area (Å²) in [5.74, 6) is 0. The number of aromatic nitrogens is 3. The maximum Gasteiger partial charge on any atom is 0.206 e. The topological polar surface area (TPSA) is 50.7 Å². The fourth-order valence-electron chi connectivity index (χ4n) is 2.56. The zero-order valence-corrected chi connectivity index (χ0v) is 15.7. The van der Waals surface area contributed by atoms with E-state index in [0.29, 0.717) is 5.02 Å². The van der Waals surface area contributed by atoms with Gasteiger partial charge < -0.3 is 5.32 Å². The molecule has 0 saturated heterocycles. The van der Waals surface area contributed by atoms with Crippen molar-refractivity contribution in [1.82, 2.24) is 15.2 Å². The second-order valence-electron chi connectivity index (χ2n) is 5.57. The average Bonchev–Trinajstić information content (AvgIpc) is 3.27. The van der Waals surface area contributed by atoms with Gasteiger partial charge >= 0.3 is 0 Å². The predicted molar refractivity (Wildman–Crippen MR) is 107 cm³/mol. The highest BCUT2D eigenvalue weighted by Crippen LogP contribution is 2.38. The van der Waals surface area contributed by atoms with Gasteiger partial charge in [-0.1, -0.05) is 53.3 Å². The maximum absolute atomic E-state index is 6.20. The van der Waals surface area contributed by atoms with Crippen molar-refractivity contribution in [2.75, 3.05) is 11.9 Å². The molecular formula is C18H15ClN4S2. The Morgan fingerprint density at radius 1 is 1.04 bits per heavy atom. The molecule has 0 amide bonds. The van der Waals surface area contributed by atoms with Gasteiger partial charge in [0.25, 0.3) is 0 Å². The summed E-state index contributed by atoms with van der Waals surface area (Å²) < 4.78 is 1.06. The SMILES string of the molecule is Clc1cncc2sc(-c3nnc(NCCCc4ccccc4)s3)cc12. The maximum atomic E-state index is 6.20. The number of halogens is 1. The largest absolute Gasteiger partial charge is 0.360 e. The molecule has 0 aliphatic heterocycles. The monoisotopic (exact) mass is 386 g/mol. The summed E-state index contributed by atoms with van der Waals surface area (Å²) >= 11 is 9.40. The molecule has 7 heteroatoms. The molecular weight excluding hydrogens is 372 g/mol. The van der Waals surface area contributed by atoms with Gasteiger partial charge in [-0.2, -0.15) is 0 Å². The van der Waals surface area contributed by atoms with Crippen LogP contribution in [0.2, 0.25) is 5.02 Å². The minimum Gasteiger partial charge on any atom is -0.360 e. The third kappa shape index (κ3) is 3.81. The minimum atomic E-state index is 0.670. The molecule has 0 aliphatic rings. The van der Waals surface area contributed by atoms with Crippen molar-refractivity contribution in [3.05, 3.63) is 59.4 Å². The Morgan fingerprint density at radius 3 is 2.76 bits per heavy atom. The average molecular weight is 387 g/mol. The number of anilines is 1. The Morgan fingerprint density at radius 2 is 1.92 bits per heavy atom. The van der Waals surface area contributed by atoms with Crippen LogP contribution >= 0.6 is 34.3 Å². The van der Waals surface area contributed by atoms with Gasteiger partial charge in [0.1, 0.15) is 0 Å². The second kappa shape index (κ2) is 7.47. The normalized spacial score (nSPS) is 11.1. The van der Waals surface area contributed by atoms with Gasteiger partial charge in [0.05, 0.1) is 14.6 Å². The lowest BCUT2D eigenvalue weighted by atomic mass is 10.1. The lowest BCUT2D eigenvalue weighted by Crippen LogP contribution is -2.02. The molecule has 1 N–H and O–H groups in total. The molecule has 0 bridgehead atoms. The zero-order chi connectivity index (χ0) is 17.1. The molecule has 3 heterocycles. The van der Waals surface area contributed by atoms with Gasteiger partial charge in [-0.25, -0.2) is 0 Å². The molecule has 1 aromatic carbocycles. The summed E-state index contributed by atoms with van der Waals surface area (Å²) in [7, 11) is 0. The quantitative estimate of drug-likeness (QED) is 0.444. The number of rotatable bonds is 6. The van der Waals surface area contributed by atoms with Crippen LogP contribution in [0.15, 0.2) is 48.8 Å². The first kappa shape index (κ1) is 16.4. The predicted octanol–water partition coefficient (Wildman–Crippen LogP) is 5.51. The highest BCUT2D eigenvalue weighted by molar-refractivity contribution is 7.26. The molecule has 4 rings (SSSR count). The van der Waals surface area contributed by atoms with Crippen LogP contribution in [0.3, 0.4) is 0 Å². The van der Waals surface area contributed by atoms with E-state index in [2.05, 4.69) is 50.8 Å². The number of fused-ring (bicyclic) bond motifs is 1. The molecule has 0 unspecified atom stereocenters. The molecule has 0 spiro atoms. The smallest absolute Gasteiger partial charge is 0.206 e. The van der Waals surface area contributed by atoms with Gasteiger partial charge in [0.15, 0.2) is 5.01 Å². The van der Waals surface area contributed by atoms with Crippen molar-refractivity contribution < 1.29 is 0 Å². The lowest BCUT2D eigenvalue weighted by Gasteiger charge is -2.02. The molecule has 4 aromatic rings. The molecule has 25 heavy (non-hydrogen) atoms. The number of aryl methyl sites for hydroxylation is 1. The first-order valence-corrected chi connectivity index (χ1v) is 9.95. The van der Waals surface area contributed by atoms with Gasteiger partial charge in [0.2, 0.25) is 5.13 Å². The number of hydrogen-bond acceptors (Lipinski definition) is 6. The number of benzene rings is 1. The van der Waals surface area contributed by atoms with Crippen molar-refractivity contribution in [3.8, 4) is 9.88 Å². The highest BCUT2D eigenvalue weighted by atomic mass is 35.5. The van der Waals surface area contributed by atoms with E-state index in [-0.39, 0.29) is 0 Å². The summed E-state index contributed by atoms with van der Waals surface area (Å²) in [6.45, 7) is 0.881. The van der Waals surface area contributed by atoms with E-state index < -0.39 is 0 Å². The van der Waals surface area contributed by atoms with Crippen molar-refractivity contribution in [1.29, 1.82) is 0 Å². The van der Waals surface area contributed by atoms with Crippen molar-refractivity contribution >= 4 is 49.5 Å². The molecule has 0 fully saturated rings. The van der Waals surface area contributed by atoms with Gasteiger partial charge in [-0.3, -0.25) is 4.98 Å². The van der Waals surface area contributed by atoms with E-state index in [9.17, 15) is 0 Å². The van der Waals surface area contributed by atoms with Gasteiger partial charge in [-0.05, 0) is 24.5 Å². The molecule has 0 saturated carbocycles. The van der Waals surface area contributed by atoms with Crippen molar-refractivity contribution in [3.63, 3.8) is 0 Å². The number of nitrogens with zero attached hydrogens (tertiary/aromatic N) is 3. The number of hydrogen-bond donors (Lipinski definition) is 1. The van der Waals surface area contributed by atoms with Crippen LogP contribution in [0.1, 0.15) is 12.0 Å². The molecule has 0 aliphatic carbocycles. The molecule has 3 aromatic heterocycles. The van der Waals surface area contributed by atoms with E-state index in [4.69, 9.17) is 11.6 Å². The summed E-state index contributed by atoms with van der Waals surface area (Å²) in [4.78, 5) is 5.20. The zero-order valence-electron chi connectivity index (χ0n) is 13.3. The molecule has 4 nitrogen and oxygen atoms in total. The van der Waals surface area contributed by atoms with Crippen molar-refractivity contribution in [2.24, 2.45) is 0 Å². The van der Waals surface area contributed by atoms with Crippen LogP contribution in [-0.4, -0.2) is 21.7 Å². The van der Waals surface area contributed by atoms with E-state index in [1.807, 2.05) is 12.3 Å². The van der Waals surface area contributed by atoms with E-state index >= 15 is 0 Å². The summed E-state index contributed by atoms with van der Waals surface area (Å²) in [6, 6.07) is 12.6. The fraction of sp³-hybridized carbons (Fsp3) is 0.167. The van der Waals surface area contributed by atoms with Crippen LogP contribution in [0, 0.1) is 0 Å². The number of pyridine rings is 1. The number of thiophene rings is 1. The Hall–Kier alpha value is -2.02. The van der Waals surface area contributed by atoms with Crippen LogP contribution in [0.5, 0.6) is 0 Å². The summed E-state index contributed by atoms with van der Waals surface area (Å²) in [6.07, 6.45) is 5.61. The Kier molecular flexibility index (Phi) is 4.92. The van der Waals surface area contributed by atoms with Crippen LogP contribution in [0.25, 0.3) is 20.0 Å². The van der Waals surface area contributed by atoms with Crippen molar-refractivity contribution in [2.45, 2.75) is 12.8 Å². The van der Waals surface area contributed by atoms with Crippen LogP contribution in [-0.2, 0) is 6.42 Å². The highest BCUT2D eigenvalue weighted by Gasteiger charge is 2.12.